The van der Waals surface area contributed by atoms with Crippen molar-refractivity contribution in [2.75, 3.05) is 33.8 Å². The van der Waals surface area contributed by atoms with E-state index in [1.807, 2.05) is 24.3 Å². The SMILES string of the molecule is CN=C(NCC(=O)NCc1ccc(OC)cc1)NC1CCN(C(C)C)CC1.I. The number of aliphatic imine (C=N–C) groups is 1. The number of benzene rings is 1. The zero-order valence-corrected chi connectivity index (χ0v) is 19.7. The van der Waals surface area contributed by atoms with Crippen molar-refractivity contribution in [3.05, 3.63) is 29.8 Å². The van der Waals surface area contributed by atoms with Gasteiger partial charge in [-0.05, 0) is 44.4 Å². The minimum Gasteiger partial charge on any atom is -0.497 e. The summed E-state index contributed by atoms with van der Waals surface area (Å²) in [4.78, 5) is 18.8. The molecule has 1 aliphatic rings. The number of carbonyl (C=O) groups excluding carboxylic acids is 1. The maximum Gasteiger partial charge on any atom is 0.239 e. The molecule has 1 saturated heterocycles. The molecule has 28 heavy (non-hydrogen) atoms. The zero-order valence-electron chi connectivity index (χ0n) is 17.3. The molecule has 1 amide bonds. The molecule has 0 bridgehead atoms. The highest BCUT2D eigenvalue weighted by Gasteiger charge is 2.21. The molecule has 0 spiro atoms. The fourth-order valence-electron chi connectivity index (χ4n) is 3.12. The lowest BCUT2D eigenvalue weighted by molar-refractivity contribution is -0.120. The molecule has 2 rings (SSSR count). The van der Waals surface area contributed by atoms with Gasteiger partial charge in [0.15, 0.2) is 5.96 Å². The van der Waals surface area contributed by atoms with Crippen LogP contribution >= 0.6 is 24.0 Å². The number of carbonyl (C=O) groups is 1. The molecule has 0 aliphatic carbocycles. The largest absolute Gasteiger partial charge is 0.497 e. The average Bonchev–Trinajstić information content (AvgIpc) is 2.70. The van der Waals surface area contributed by atoms with Crippen LogP contribution in [0.3, 0.4) is 0 Å². The van der Waals surface area contributed by atoms with Gasteiger partial charge in [0.2, 0.25) is 5.91 Å². The number of rotatable bonds is 7. The Balaban J connectivity index is 0.00000392. The second-order valence-electron chi connectivity index (χ2n) is 7.10. The van der Waals surface area contributed by atoms with E-state index in [2.05, 4.69) is 39.7 Å². The molecule has 1 aromatic carbocycles. The van der Waals surface area contributed by atoms with E-state index in [-0.39, 0.29) is 36.4 Å². The highest BCUT2D eigenvalue weighted by molar-refractivity contribution is 14.0. The van der Waals surface area contributed by atoms with Gasteiger partial charge in [-0.3, -0.25) is 9.79 Å². The third-order valence-electron chi connectivity index (χ3n) is 4.89. The van der Waals surface area contributed by atoms with E-state index in [9.17, 15) is 4.79 Å². The van der Waals surface area contributed by atoms with Crippen LogP contribution in [0.1, 0.15) is 32.3 Å². The van der Waals surface area contributed by atoms with E-state index in [0.717, 1.165) is 37.2 Å². The van der Waals surface area contributed by atoms with Crippen LogP contribution < -0.4 is 20.7 Å². The van der Waals surface area contributed by atoms with Crippen LogP contribution in [0.5, 0.6) is 5.75 Å². The molecule has 1 aromatic rings. The molecule has 0 atom stereocenters. The quantitative estimate of drug-likeness (QED) is 0.302. The Morgan fingerprint density at radius 3 is 2.39 bits per heavy atom. The van der Waals surface area contributed by atoms with Gasteiger partial charge in [-0.1, -0.05) is 12.1 Å². The van der Waals surface area contributed by atoms with E-state index < -0.39 is 0 Å². The summed E-state index contributed by atoms with van der Waals surface area (Å²) in [6, 6.07) is 8.64. The minimum absolute atomic E-state index is 0. The zero-order chi connectivity index (χ0) is 19.6. The highest BCUT2D eigenvalue weighted by Crippen LogP contribution is 2.13. The summed E-state index contributed by atoms with van der Waals surface area (Å²) in [6.07, 6.45) is 2.17. The Bertz CT molecular complexity index is 614. The molecule has 3 N–H and O–H groups in total. The molecule has 0 radical (unpaired) electrons. The standard InChI is InChI=1S/C20H33N5O2.HI/c1-15(2)25-11-9-17(10-12-25)24-20(21-3)23-14-19(26)22-13-16-5-7-18(27-4)8-6-16;/h5-8,15,17H,9-14H2,1-4H3,(H,22,26)(H2,21,23,24);1H. The van der Waals surface area contributed by atoms with Crippen molar-refractivity contribution in [2.45, 2.75) is 45.3 Å². The monoisotopic (exact) mass is 503 g/mol. The van der Waals surface area contributed by atoms with Crippen LogP contribution in [0.15, 0.2) is 29.3 Å². The van der Waals surface area contributed by atoms with E-state index in [1.165, 1.54) is 0 Å². The van der Waals surface area contributed by atoms with E-state index in [1.54, 1.807) is 14.2 Å². The first-order chi connectivity index (χ1) is 13.0. The van der Waals surface area contributed by atoms with Crippen LogP contribution in [-0.4, -0.2) is 62.6 Å². The van der Waals surface area contributed by atoms with Crippen molar-refractivity contribution in [3.8, 4) is 5.75 Å². The summed E-state index contributed by atoms with van der Waals surface area (Å²) in [5.41, 5.74) is 1.03. The number of nitrogens with one attached hydrogen (secondary N) is 3. The number of halogens is 1. The van der Waals surface area contributed by atoms with Gasteiger partial charge in [-0.15, -0.1) is 24.0 Å². The first kappa shape index (κ1) is 24.5. The van der Waals surface area contributed by atoms with Gasteiger partial charge in [0.25, 0.3) is 0 Å². The summed E-state index contributed by atoms with van der Waals surface area (Å²) in [7, 11) is 3.37. The van der Waals surface area contributed by atoms with Crippen molar-refractivity contribution < 1.29 is 9.53 Å². The van der Waals surface area contributed by atoms with Crippen molar-refractivity contribution in [1.29, 1.82) is 0 Å². The summed E-state index contributed by atoms with van der Waals surface area (Å²) < 4.78 is 5.13. The van der Waals surface area contributed by atoms with Gasteiger partial charge in [0, 0.05) is 38.8 Å². The fourth-order valence-corrected chi connectivity index (χ4v) is 3.12. The van der Waals surface area contributed by atoms with Crippen LogP contribution in [0.2, 0.25) is 0 Å². The lowest BCUT2D eigenvalue weighted by atomic mass is 10.0. The van der Waals surface area contributed by atoms with Crippen LogP contribution in [0.25, 0.3) is 0 Å². The van der Waals surface area contributed by atoms with Crippen molar-refractivity contribution in [1.82, 2.24) is 20.9 Å². The van der Waals surface area contributed by atoms with Gasteiger partial charge in [-0.25, -0.2) is 0 Å². The van der Waals surface area contributed by atoms with Crippen LogP contribution in [0.4, 0.5) is 0 Å². The van der Waals surface area contributed by atoms with Crippen molar-refractivity contribution in [3.63, 3.8) is 0 Å². The second kappa shape index (κ2) is 12.8. The topological polar surface area (TPSA) is 78.0 Å². The van der Waals surface area contributed by atoms with Crippen LogP contribution in [-0.2, 0) is 11.3 Å². The Hall–Kier alpha value is -1.55. The number of piperidine rings is 1. The molecule has 8 heteroatoms. The molecule has 7 nitrogen and oxygen atoms in total. The lowest BCUT2D eigenvalue weighted by Crippen LogP contribution is -2.51. The number of methoxy groups -OCH3 is 1. The lowest BCUT2D eigenvalue weighted by Gasteiger charge is -2.35. The molecule has 0 saturated carbocycles. The molecule has 1 heterocycles. The Morgan fingerprint density at radius 1 is 1.21 bits per heavy atom. The number of ether oxygens (including phenoxy) is 1. The smallest absolute Gasteiger partial charge is 0.239 e. The maximum atomic E-state index is 12.1. The van der Waals surface area contributed by atoms with Crippen molar-refractivity contribution >= 4 is 35.8 Å². The van der Waals surface area contributed by atoms with E-state index in [4.69, 9.17) is 4.74 Å². The molecular weight excluding hydrogens is 469 g/mol. The third kappa shape index (κ3) is 8.22. The molecule has 0 aromatic heterocycles. The molecular formula is C20H34IN5O2. The van der Waals surface area contributed by atoms with Gasteiger partial charge in [0.1, 0.15) is 5.75 Å². The van der Waals surface area contributed by atoms with E-state index in [0.29, 0.717) is 24.6 Å². The number of nitrogens with zero attached hydrogens (tertiary/aromatic N) is 2. The summed E-state index contributed by atoms with van der Waals surface area (Å²) in [6.45, 7) is 7.34. The number of hydrogen-bond acceptors (Lipinski definition) is 4. The number of hydrogen-bond donors (Lipinski definition) is 3. The Kier molecular flexibility index (Phi) is 11.2. The van der Waals surface area contributed by atoms with Gasteiger partial charge < -0.3 is 25.6 Å². The highest BCUT2D eigenvalue weighted by atomic mass is 127. The van der Waals surface area contributed by atoms with Gasteiger partial charge in [-0.2, -0.15) is 0 Å². The molecule has 1 fully saturated rings. The maximum absolute atomic E-state index is 12.1. The second-order valence-corrected chi connectivity index (χ2v) is 7.10. The first-order valence-corrected chi connectivity index (χ1v) is 9.62. The Morgan fingerprint density at radius 2 is 1.86 bits per heavy atom. The van der Waals surface area contributed by atoms with Crippen LogP contribution in [0, 0.1) is 0 Å². The number of amides is 1. The molecule has 158 valence electrons. The van der Waals surface area contributed by atoms with E-state index >= 15 is 0 Å². The molecule has 1 aliphatic heterocycles. The summed E-state index contributed by atoms with van der Waals surface area (Å²) in [5.74, 6) is 1.42. The Labute approximate surface area is 185 Å². The van der Waals surface area contributed by atoms with Gasteiger partial charge in [0.05, 0.1) is 13.7 Å². The number of likely N-dealkylation sites (tertiary alicyclic amines) is 1. The fraction of sp³-hybridized carbons (Fsp3) is 0.600. The van der Waals surface area contributed by atoms with Crippen molar-refractivity contribution in [2.24, 2.45) is 4.99 Å². The summed E-state index contributed by atoms with van der Waals surface area (Å²) in [5, 5.41) is 9.43. The predicted molar refractivity (Wildman–Crippen MR) is 124 cm³/mol. The normalized spacial score (nSPS) is 15.7. The minimum atomic E-state index is -0.0663. The molecule has 0 unspecified atom stereocenters. The summed E-state index contributed by atoms with van der Waals surface area (Å²) >= 11 is 0. The van der Waals surface area contributed by atoms with Gasteiger partial charge >= 0.3 is 0 Å². The predicted octanol–water partition coefficient (Wildman–Crippen LogP) is 1.97. The first-order valence-electron chi connectivity index (χ1n) is 9.62. The third-order valence-corrected chi connectivity index (χ3v) is 4.89. The number of guanidine groups is 1. The average molecular weight is 503 g/mol.